The lowest BCUT2D eigenvalue weighted by molar-refractivity contribution is 0.580. The fourth-order valence-corrected chi connectivity index (χ4v) is 3.79. The zero-order valence-electron chi connectivity index (χ0n) is 11.8. The molecule has 0 saturated heterocycles. The minimum atomic E-state index is -3.68. The van der Waals surface area contributed by atoms with Gasteiger partial charge in [0.2, 0.25) is 10.0 Å². The van der Waals surface area contributed by atoms with Gasteiger partial charge in [0.25, 0.3) is 0 Å². The first-order chi connectivity index (χ1) is 10.5. The lowest BCUT2D eigenvalue weighted by Gasteiger charge is -2.08. The van der Waals surface area contributed by atoms with E-state index in [1.807, 2.05) is 35.7 Å². The largest absolute Gasteiger partial charge is 0.302 e. The number of fused-ring (bicyclic) bond motifs is 1. The summed E-state index contributed by atoms with van der Waals surface area (Å²) in [6, 6.07) is 12.0. The molecule has 0 bridgehead atoms. The average molecular weight is 336 g/mol. The summed E-state index contributed by atoms with van der Waals surface area (Å²) < 4.78 is 29.2. The van der Waals surface area contributed by atoms with Crippen molar-refractivity contribution in [3.05, 3.63) is 65.1 Å². The van der Waals surface area contributed by atoms with Crippen LogP contribution in [0.15, 0.2) is 53.6 Å². The molecular weight excluding hydrogens is 322 g/mol. The Morgan fingerprint density at radius 3 is 2.68 bits per heavy atom. The minimum Gasteiger partial charge on any atom is -0.302 e. The summed E-state index contributed by atoms with van der Waals surface area (Å²) in [6.07, 6.45) is 1.86. The molecule has 22 heavy (non-hydrogen) atoms. The number of aromatic nitrogens is 2. The SMILES string of the molecule is Cc1nc2ccccn2c1CNS(=O)(=O)c1ccccc1Cl. The molecule has 1 N–H and O–H groups in total. The number of aryl methyl sites for hydroxylation is 1. The first kappa shape index (κ1) is 15.0. The van der Waals surface area contributed by atoms with Gasteiger partial charge in [0.05, 0.1) is 23.0 Å². The van der Waals surface area contributed by atoms with Crippen LogP contribution in [0, 0.1) is 6.92 Å². The summed E-state index contributed by atoms with van der Waals surface area (Å²) in [5.74, 6) is 0. The highest BCUT2D eigenvalue weighted by molar-refractivity contribution is 7.89. The van der Waals surface area contributed by atoms with Crippen LogP contribution in [0.3, 0.4) is 0 Å². The molecule has 3 aromatic rings. The number of hydrogen-bond acceptors (Lipinski definition) is 3. The van der Waals surface area contributed by atoms with Gasteiger partial charge in [-0.15, -0.1) is 0 Å². The van der Waals surface area contributed by atoms with Gasteiger partial charge >= 0.3 is 0 Å². The first-order valence-corrected chi connectivity index (χ1v) is 8.52. The molecule has 5 nitrogen and oxygen atoms in total. The highest BCUT2D eigenvalue weighted by Crippen LogP contribution is 2.21. The van der Waals surface area contributed by atoms with E-state index in [4.69, 9.17) is 11.6 Å². The molecule has 0 fully saturated rings. The van der Waals surface area contributed by atoms with Crippen molar-refractivity contribution in [3.8, 4) is 0 Å². The Balaban J connectivity index is 1.91. The quantitative estimate of drug-likeness (QED) is 0.797. The molecule has 0 aliphatic heterocycles. The predicted octanol–water partition coefficient (Wildman–Crippen LogP) is 2.77. The highest BCUT2D eigenvalue weighted by Gasteiger charge is 2.18. The van der Waals surface area contributed by atoms with Crippen LogP contribution in [0.5, 0.6) is 0 Å². The maximum Gasteiger partial charge on any atom is 0.242 e. The molecule has 3 rings (SSSR count). The lowest BCUT2D eigenvalue weighted by Crippen LogP contribution is -2.24. The van der Waals surface area contributed by atoms with Crippen molar-refractivity contribution >= 4 is 27.3 Å². The summed E-state index contributed by atoms with van der Waals surface area (Å²) in [7, 11) is -3.68. The lowest BCUT2D eigenvalue weighted by atomic mass is 10.3. The molecule has 0 atom stereocenters. The van der Waals surface area contributed by atoms with Gasteiger partial charge in [0.15, 0.2) is 0 Å². The molecule has 1 aromatic carbocycles. The molecule has 0 amide bonds. The van der Waals surface area contributed by atoms with E-state index in [2.05, 4.69) is 9.71 Å². The Morgan fingerprint density at radius 1 is 1.18 bits per heavy atom. The van der Waals surface area contributed by atoms with Crippen molar-refractivity contribution < 1.29 is 8.42 Å². The normalized spacial score (nSPS) is 11.9. The monoisotopic (exact) mass is 335 g/mol. The molecule has 0 spiro atoms. The predicted molar refractivity (Wildman–Crippen MR) is 85.4 cm³/mol. The number of benzene rings is 1. The number of halogens is 1. The van der Waals surface area contributed by atoms with Crippen LogP contribution in [0.2, 0.25) is 5.02 Å². The van der Waals surface area contributed by atoms with Crippen LogP contribution < -0.4 is 4.72 Å². The van der Waals surface area contributed by atoms with Gasteiger partial charge in [-0.2, -0.15) is 0 Å². The van der Waals surface area contributed by atoms with E-state index >= 15 is 0 Å². The van der Waals surface area contributed by atoms with Gasteiger partial charge in [0.1, 0.15) is 10.5 Å². The van der Waals surface area contributed by atoms with Gasteiger partial charge in [-0.3, -0.25) is 0 Å². The maximum absolute atomic E-state index is 12.4. The Hall–Kier alpha value is -1.89. The summed E-state index contributed by atoms with van der Waals surface area (Å²) in [6.45, 7) is 2.00. The van der Waals surface area contributed by atoms with E-state index in [1.165, 1.54) is 6.07 Å². The van der Waals surface area contributed by atoms with Crippen molar-refractivity contribution in [2.45, 2.75) is 18.4 Å². The maximum atomic E-state index is 12.4. The molecule has 7 heteroatoms. The topological polar surface area (TPSA) is 63.5 Å². The van der Waals surface area contributed by atoms with Gasteiger partial charge in [-0.25, -0.2) is 18.1 Å². The zero-order chi connectivity index (χ0) is 15.7. The standard InChI is InChI=1S/C15H14ClN3O2S/c1-11-13(19-9-5-4-8-15(19)18-11)10-17-22(20,21)14-7-3-2-6-12(14)16/h2-9,17H,10H2,1H3. The van der Waals surface area contributed by atoms with E-state index in [0.717, 1.165) is 17.0 Å². The average Bonchev–Trinajstić information content (AvgIpc) is 2.81. The van der Waals surface area contributed by atoms with Crippen LogP contribution in [0.25, 0.3) is 5.65 Å². The number of sulfonamides is 1. The van der Waals surface area contributed by atoms with Gasteiger partial charge in [0, 0.05) is 6.20 Å². The van der Waals surface area contributed by atoms with Crippen LogP contribution >= 0.6 is 11.6 Å². The van der Waals surface area contributed by atoms with E-state index in [1.54, 1.807) is 18.2 Å². The second-order valence-electron chi connectivity index (χ2n) is 4.83. The first-order valence-electron chi connectivity index (χ1n) is 6.66. The van der Waals surface area contributed by atoms with Gasteiger partial charge in [-0.1, -0.05) is 29.8 Å². The smallest absolute Gasteiger partial charge is 0.242 e. The summed E-state index contributed by atoms with van der Waals surface area (Å²) in [4.78, 5) is 4.48. The van der Waals surface area contributed by atoms with Crippen LogP contribution in [-0.4, -0.2) is 17.8 Å². The number of hydrogen-bond donors (Lipinski definition) is 1. The van der Waals surface area contributed by atoms with Crippen LogP contribution in [0.4, 0.5) is 0 Å². The molecular formula is C15H14ClN3O2S. The molecule has 0 radical (unpaired) electrons. The van der Waals surface area contributed by atoms with E-state index in [9.17, 15) is 8.42 Å². The van der Waals surface area contributed by atoms with Crippen LogP contribution in [0.1, 0.15) is 11.4 Å². The number of imidazole rings is 1. The molecule has 0 aliphatic rings. The minimum absolute atomic E-state index is 0.0724. The molecule has 2 aromatic heterocycles. The van der Waals surface area contributed by atoms with Crippen molar-refractivity contribution in [1.82, 2.24) is 14.1 Å². The molecule has 0 aliphatic carbocycles. The van der Waals surface area contributed by atoms with Gasteiger partial charge < -0.3 is 4.40 Å². The second-order valence-corrected chi connectivity index (χ2v) is 6.97. The second kappa shape index (κ2) is 5.72. The fraction of sp³-hybridized carbons (Fsp3) is 0.133. The van der Waals surface area contributed by atoms with Crippen molar-refractivity contribution in [1.29, 1.82) is 0 Å². The van der Waals surface area contributed by atoms with E-state index in [0.29, 0.717) is 0 Å². The van der Waals surface area contributed by atoms with Crippen LogP contribution in [-0.2, 0) is 16.6 Å². The summed E-state index contributed by atoms with van der Waals surface area (Å²) in [5, 5.41) is 0.199. The molecule has 2 heterocycles. The number of nitrogens with one attached hydrogen (secondary N) is 1. The summed E-state index contributed by atoms with van der Waals surface area (Å²) in [5.41, 5.74) is 2.37. The Kier molecular flexibility index (Phi) is 3.90. The summed E-state index contributed by atoms with van der Waals surface area (Å²) >= 11 is 5.96. The van der Waals surface area contributed by atoms with E-state index < -0.39 is 10.0 Å². The molecule has 0 saturated carbocycles. The Morgan fingerprint density at radius 2 is 1.91 bits per heavy atom. The Bertz CT molecular complexity index is 935. The number of rotatable bonds is 4. The van der Waals surface area contributed by atoms with Crippen molar-refractivity contribution in [2.24, 2.45) is 0 Å². The third-order valence-electron chi connectivity index (χ3n) is 3.38. The third-order valence-corrected chi connectivity index (χ3v) is 5.29. The Labute approximate surface area is 133 Å². The molecule has 114 valence electrons. The third kappa shape index (κ3) is 2.72. The number of nitrogens with zero attached hydrogens (tertiary/aromatic N) is 2. The van der Waals surface area contributed by atoms with Crippen molar-refractivity contribution in [3.63, 3.8) is 0 Å². The fourth-order valence-electron chi connectivity index (χ4n) is 2.28. The van der Waals surface area contributed by atoms with Crippen molar-refractivity contribution in [2.75, 3.05) is 0 Å². The van der Waals surface area contributed by atoms with E-state index in [-0.39, 0.29) is 16.5 Å². The zero-order valence-corrected chi connectivity index (χ0v) is 13.4. The number of pyridine rings is 1. The highest BCUT2D eigenvalue weighted by atomic mass is 35.5. The van der Waals surface area contributed by atoms with Gasteiger partial charge in [-0.05, 0) is 31.2 Å². The molecule has 0 unspecified atom stereocenters.